The summed E-state index contributed by atoms with van der Waals surface area (Å²) in [6.07, 6.45) is -3.71. The van der Waals surface area contributed by atoms with Crippen LogP contribution in [0.25, 0.3) is 0 Å². The molecular weight excluding hydrogens is 251 g/mol. The number of carbonyl (C=O) groups excluding carboxylic acids is 1. The van der Waals surface area contributed by atoms with E-state index < -0.39 is 28.0 Å². The number of rotatable bonds is 3. The number of alkyl halides is 3. The van der Waals surface area contributed by atoms with Crippen molar-refractivity contribution in [2.24, 2.45) is 0 Å². The van der Waals surface area contributed by atoms with E-state index in [1.165, 1.54) is 0 Å². The van der Waals surface area contributed by atoms with Crippen molar-refractivity contribution in [2.75, 3.05) is 18.6 Å². The Labute approximate surface area is 90.0 Å². The number of sulfone groups is 1. The van der Waals surface area contributed by atoms with Crippen molar-refractivity contribution in [1.82, 2.24) is 5.06 Å². The molecule has 1 unspecified atom stereocenters. The summed E-state index contributed by atoms with van der Waals surface area (Å²) >= 11 is 0. The highest BCUT2D eigenvalue weighted by molar-refractivity contribution is 7.90. The number of hydrogen-bond donors (Lipinski definition) is 0. The van der Waals surface area contributed by atoms with Crippen LogP contribution in [-0.2, 0) is 19.5 Å². The van der Waals surface area contributed by atoms with Gasteiger partial charge in [-0.25, -0.2) is 13.2 Å². The molecule has 0 radical (unpaired) electrons. The number of halogens is 3. The van der Waals surface area contributed by atoms with Crippen LogP contribution in [-0.4, -0.2) is 50.2 Å². The summed E-state index contributed by atoms with van der Waals surface area (Å²) in [6, 6.07) is -0.679. The first-order valence-corrected chi connectivity index (χ1v) is 6.39. The Morgan fingerprint density at radius 3 is 2.38 bits per heavy atom. The third kappa shape index (κ3) is 3.63. The van der Waals surface area contributed by atoms with Crippen LogP contribution in [0.5, 0.6) is 0 Å². The maximum absolute atomic E-state index is 11.8. The summed E-state index contributed by atoms with van der Waals surface area (Å²) in [5.74, 6) is -2.65. The Balaban J connectivity index is 2.49. The van der Waals surface area contributed by atoms with Gasteiger partial charge in [0.1, 0.15) is 9.84 Å². The van der Waals surface area contributed by atoms with E-state index in [0.29, 0.717) is 6.42 Å². The fourth-order valence-corrected chi connectivity index (χ4v) is 2.24. The van der Waals surface area contributed by atoms with Crippen molar-refractivity contribution in [3.8, 4) is 0 Å². The summed E-state index contributed by atoms with van der Waals surface area (Å²) in [7, 11) is -3.30. The van der Waals surface area contributed by atoms with E-state index in [1.54, 1.807) is 0 Å². The lowest BCUT2D eigenvalue weighted by atomic mass is 10.1. The van der Waals surface area contributed by atoms with Crippen LogP contribution in [0.4, 0.5) is 13.2 Å². The zero-order valence-corrected chi connectivity index (χ0v) is 9.14. The Bertz CT molecular complexity index is 378. The highest BCUT2D eigenvalue weighted by Crippen LogP contribution is 2.23. The molecule has 1 rings (SSSR count). The molecule has 0 amide bonds. The lowest BCUT2D eigenvalue weighted by Gasteiger charge is -2.37. The average molecular weight is 261 g/mol. The van der Waals surface area contributed by atoms with Gasteiger partial charge in [-0.15, -0.1) is 5.06 Å². The van der Waals surface area contributed by atoms with Crippen LogP contribution in [0.1, 0.15) is 6.42 Å². The molecule has 0 aromatic heterocycles. The molecule has 0 aromatic carbocycles. The Morgan fingerprint density at radius 1 is 1.50 bits per heavy atom. The minimum atomic E-state index is -5.06. The van der Waals surface area contributed by atoms with E-state index >= 15 is 0 Å². The quantitative estimate of drug-likeness (QED) is 0.722. The van der Waals surface area contributed by atoms with Crippen LogP contribution in [0.15, 0.2) is 0 Å². The molecule has 1 aliphatic rings. The van der Waals surface area contributed by atoms with E-state index in [4.69, 9.17) is 0 Å². The van der Waals surface area contributed by atoms with Crippen molar-refractivity contribution in [3.63, 3.8) is 0 Å². The smallest absolute Gasteiger partial charge is 0.360 e. The third-order valence-corrected chi connectivity index (χ3v) is 3.01. The molecule has 16 heavy (non-hydrogen) atoms. The summed E-state index contributed by atoms with van der Waals surface area (Å²) < 4.78 is 57.2. The molecule has 0 saturated carbocycles. The fourth-order valence-electron chi connectivity index (χ4n) is 1.21. The van der Waals surface area contributed by atoms with Gasteiger partial charge in [-0.05, 0) is 6.42 Å². The number of carbonyl (C=O) groups is 1. The van der Waals surface area contributed by atoms with E-state index in [-0.39, 0.29) is 12.3 Å². The standard InChI is InChI=1S/C7H10F3NO4S/c1-16(13,14)4-5-2-3-11(5)15-6(12)7(8,9)10/h5H,2-4H2,1H3. The molecular formula is C7H10F3NO4S. The lowest BCUT2D eigenvalue weighted by molar-refractivity contribution is -0.261. The van der Waals surface area contributed by atoms with Crippen LogP contribution >= 0.6 is 0 Å². The number of hydroxylamine groups is 2. The first-order valence-electron chi connectivity index (χ1n) is 4.33. The van der Waals surface area contributed by atoms with E-state index in [2.05, 4.69) is 4.84 Å². The van der Waals surface area contributed by atoms with Gasteiger partial charge in [0, 0.05) is 12.8 Å². The maximum Gasteiger partial charge on any atom is 0.492 e. The van der Waals surface area contributed by atoms with Crippen LogP contribution in [0, 0.1) is 0 Å². The highest BCUT2D eigenvalue weighted by atomic mass is 32.2. The van der Waals surface area contributed by atoms with E-state index in [9.17, 15) is 26.4 Å². The second kappa shape index (κ2) is 4.21. The molecule has 1 fully saturated rings. The van der Waals surface area contributed by atoms with E-state index in [1.807, 2.05) is 0 Å². The summed E-state index contributed by atoms with van der Waals surface area (Å²) in [6.45, 7) is 0.113. The fraction of sp³-hybridized carbons (Fsp3) is 0.857. The monoisotopic (exact) mass is 261 g/mol. The summed E-state index contributed by atoms with van der Waals surface area (Å²) in [5.41, 5.74) is 0. The average Bonchev–Trinajstić information content (AvgIpc) is 2.05. The summed E-state index contributed by atoms with van der Waals surface area (Å²) in [5, 5.41) is 0.747. The largest absolute Gasteiger partial charge is 0.492 e. The predicted molar refractivity (Wildman–Crippen MR) is 47.0 cm³/mol. The van der Waals surface area contributed by atoms with Crippen LogP contribution in [0.2, 0.25) is 0 Å². The number of nitrogens with zero attached hydrogens (tertiary/aromatic N) is 1. The van der Waals surface area contributed by atoms with Gasteiger partial charge in [0.05, 0.1) is 11.8 Å². The van der Waals surface area contributed by atoms with Crippen molar-refractivity contribution >= 4 is 15.8 Å². The molecule has 94 valence electrons. The van der Waals surface area contributed by atoms with Gasteiger partial charge in [0.15, 0.2) is 0 Å². The van der Waals surface area contributed by atoms with Crippen molar-refractivity contribution in [3.05, 3.63) is 0 Å². The molecule has 0 spiro atoms. The topological polar surface area (TPSA) is 63.7 Å². The zero-order valence-electron chi connectivity index (χ0n) is 8.32. The molecule has 1 saturated heterocycles. The van der Waals surface area contributed by atoms with Gasteiger partial charge in [-0.3, -0.25) is 0 Å². The molecule has 0 bridgehead atoms. The van der Waals surface area contributed by atoms with Crippen LogP contribution in [0.3, 0.4) is 0 Å². The SMILES string of the molecule is CS(=O)(=O)CC1CCN1OC(=O)C(F)(F)F. The Morgan fingerprint density at radius 2 is 2.06 bits per heavy atom. The van der Waals surface area contributed by atoms with Gasteiger partial charge >= 0.3 is 12.1 Å². The normalized spacial score (nSPS) is 22.6. The van der Waals surface area contributed by atoms with Crippen molar-refractivity contribution in [1.29, 1.82) is 0 Å². The van der Waals surface area contributed by atoms with Gasteiger partial charge < -0.3 is 4.84 Å². The molecule has 1 heterocycles. The van der Waals surface area contributed by atoms with Gasteiger partial charge in [0.2, 0.25) is 0 Å². The summed E-state index contributed by atoms with van der Waals surface area (Å²) in [4.78, 5) is 14.5. The highest BCUT2D eigenvalue weighted by Gasteiger charge is 2.45. The van der Waals surface area contributed by atoms with Gasteiger partial charge in [-0.2, -0.15) is 13.2 Å². The van der Waals surface area contributed by atoms with Gasteiger partial charge in [0.25, 0.3) is 0 Å². The molecule has 9 heteroatoms. The molecule has 0 aliphatic carbocycles. The molecule has 0 N–H and O–H groups in total. The lowest BCUT2D eigenvalue weighted by Crippen LogP contribution is -2.53. The minimum absolute atomic E-state index is 0.113. The van der Waals surface area contributed by atoms with Crippen molar-refractivity contribution in [2.45, 2.75) is 18.6 Å². The third-order valence-electron chi connectivity index (χ3n) is 2.02. The molecule has 1 aliphatic heterocycles. The van der Waals surface area contributed by atoms with Gasteiger partial charge in [-0.1, -0.05) is 0 Å². The number of hydrogen-bond acceptors (Lipinski definition) is 5. The second-order valence-corrected chi connectivity index (χ2v) is 5.74. The first kappa shape index (κ1) is 13.2. The van der Waals surface area contributed by atoms with Crippen molar-refractivity contribution < 1.29 is 31.2 Å². The van der Waals surface area contributed by atoms with E-state index in [0.717, 1.165) is 11.3 Å². The Hall–Kier alpha value is -0.830. The predicted octanol–water partition coefficient (Wildman–Crippen LogP) is 0.126. The zero-order chi connectivity index (χ0) is 12.6. The Kier molecular flexibility index (Phi) is 3.48. The van der Waals surface area contributed by atoms with Crippen LogP contribution < -0.4 is 0 Å². The molecule has 1 atom stereocenters. The maximum atomic E-state index is 11.8. The first-order chi connectivity index (χ1) is 7.09. The second-order valence-electron chi connectivity index (χ2n) is 3.55. The molecule has 5 nitrogen and oxygen atoms in total. The molecule has 0 aromatic rings. The minimum Gasteiger partial charge on any atom is -0.360 e.